The molecule has 2 heterocycles. The number of carbonyl (C=O) groups excluding carboxylic acids is 1. The zero-order chi connectivity index (χ0) is 16.0. The predicted octanol–water partition coefficient (Wildman–Crippen LogP) is 3.70. The maximum absolute atomic E-state index is 13.2. The van der Waals surface area contributed by atoms with Gasteiger partial charge in [0.15, 0.2) is 0 Å². The number of piperazine rings is 1. The summed E-state index contributed by atoms with van der Waals surface area (Å²) in [5.74, 6) is 0.701. The minimum Gasteiger partial charge on any atom is -0.333 e. The number of nitrogens with zero attached hydrogens (tertiary/aromatic N) is 2. The van der Waals surface area contributed by atoms with Gasteiger partial charge >= 0.3 is 0 Å². The van der Waals surface area contributed by atoms with Gasteiger partial charge in [-0.15, -0.1) is 24.8 Å². The number of halogens is 2. The smallest absolute Gasteiger partial charge is 0.254 e. The molecular weight excluding hydrogens is 357 g/mol. The molecule has 1 aliphatic carbocycles. The second kappa shape index (κ2) is 7.90. The molecule has 1 saturated heterocycles. The van der Waals surface area contributed by atoms with Gasteiger partial charge in [-0.3, -0.25) is 9.78 Å². The van der Waals surface area contributed by atoms with Gasteiger partial charge in [0.25, 0.3) is 5.91 Å². The van der Waals surface area contributed by atoms with Crippen LogP contribution in [0.15, 0.2) is 24.3 Å². The van der Waals surface area contributed by atoms with Crippen molar-refractivity contribution < 1.29 is 4.79 Å². The fraction of sp³-hybridized carbons (Fsp3) is 0.474. The predicted molar refractivity (Wildman–Crippen MR) is 106 cm³/mol. The zero-order valence-electron chi connectivity index (χ0n) is 14.6. The Labute approximate surface area is 161 Å². The normalized spacial score (nSPS) is 19.9. The highest BCUT2D eigenvalue weighted by molar-refractivity contribution is 6.06. The first-order valence-corrected chi connectivity index (χ1v) is 8.56. The SMILES string of the molecule is Cc1ccc2nc(C3CC3)cc(C(=O)N3CCNC[C@@H]3C)c2c1.Cl.Cl. The number of hydrogen-bond acceptors (Lipinski definition) is 3. The molecule has 2 aromatic rings. The van der Waals surface area contributed by atoms with E-state index in [1.165, 1.54) is 18.4 Å². The van der Waals surface area contributed by atoms with Crippen LogP contribution in [-0.4, -0.2) is 41.5 Å². The Kier molecular flexibility index (Phi) is 6.30. The van der Waals surface area contributed by atoms with Crippen molar-refractivity contribution in [1.82, 2.24) is 15.2 Å². The second-order valence-electron chi connectivity index (χ2n) is 6.94. The van der Waals surface area contributed by atoms with Gasteiger partial charge in [-0.25, -0.2) is 0 Å². The van der Waals surface area contributed by atoms with Crippen molar-refractivity contribution in [2.24, 2.45) is 0 Å². The molecule has 1 atom stereocenters. The number of fused-ring (bicyclic) bond motifs is 1. The van der Waals surface area contributed by atoms with Gasteiger partial charge in [0, 0.05) is 42.7 Å². The van der Waals surface area contributed by atoms with Gasteiger partial charge in [-0.1, -0.05) is 11.6 Å². The van der Waals surface area contributed by atoms with Crippen LogP contribution in [0.4, 0.5) is 0 Å². The molecule has 1 aliphatic heterocycles. The zero-order valence-corrected chi connectivity index (χ0v) is 16.3. The molecule has 6 heteroatoms. The van der Waals surface area contributed by atoms with E-state index in [9.17, 15) is 4.79 Å². The van der Waals surface area contributed by atoms with Crippen LogP contribution >= 0.6 is 24.8 Å². The van der Waals surface area contributed by atoms with Crippen LogP contribution in [0.25, 0.3) is 10.9 Å². The minimum atomic E-state index is 0. The van der Waals surface area contributed by atoms with E-state index in [0.717, 1.165) is 41.8 Å². The van der Waals surface area contributed by atoms with E-state index in [1.807, 2.05) is 4.90 Å². The number of pyridine rings is 1. The molecule has 4 rings (SSSR count). The number of rotatable bonds is 2. The van der Waals surface area contributed by atoms with Gasteiger partial charge in [0.05, 0.1) is 11.1 Å². The second-order valence-corrected chi connectivity index (χ2v) is 6.94. The van der Waals surface area contributed by atoms with Crippen LogP contribution in [0.1, 0.15) is 47.3 Å². The molecule has 0 spiro atoms. The van der Waals surface area contributed by atoms with Crippen LogP contribution in [0.2, 0.25) is 0 Å². The molecule has 1 saturated carbocycles. The summed E-state index contributed by atoms with van der Waals surface area (Å²) in [6, 6.07) is 8.51. The lowest BCUT2D eigenvalue weighted by molar-refractivity contribution is 0.0657. The number of benzene rings is 1. The summed E-state index contributed by atoms with van der Waals surface area (Å²) >= 11 is 0. The lowest BCUT2D eigenvalue weighted by atomic mass is 10.0. The van der Waals surface area contributed by atoms with E-state index >= 15 is 0 Å². The molecular formula is C19H25Cl2N3O. The van der Waals surface area contributed by atoms with Crippen molar-refractivity contribution in [2.45, 2.75) is 38.6 Å². The summed E-state index contributed by atoms with van der Waals surface area (Å²) in [6.45, 7) is 6.68. The van der Waals surface area contributed by atoms with Crippen LogP contribution in [-0.2, 0) is 0 Å². The van der Waals surface area contributed by atoms with E-state index in [1.54, 1.807) is 0 Å². The van der Waals surface area contributed by atoms with E-state index in [0.29, 0.717) is 5.92 Å². The summed E-state index contributed by atoms with van der Waals surface area (Å²) in [7, 11) is 0. The molecule has 1 amide bonds. The Morgan fingerprint density at radius 2 is 2.00 bits per heavy atom. The highest BCUT2D eigenvalue weighted by Gasteiger charge is 2.29. The number of amides is 1. The molecule has 0 bridgehead atoms. The third-order valence-corrected chi connectivity index (χ3v) is 4.97. The number of carbonyl (C=O) groups is 1. The van der Waals surface area contributed by atoms with Crippen LogP contribution in [0, 0.1) is 6.92 Å². The molecule has 1 aromatic carbocycles. The van der Waals surface area contributed by atoms with Gasteiger partial charge in [0.1, 0.15) is 0 Å². The van der Waals surface area contributed by atoms with Gasteiger partial charge in [-0.2, -0.15) is 0 Å². The number of aryl methyl sites for hydroxylation is 1. The summed E-state index contributed by atoms with van der Waals surface area (Å²) in [6.07, 6.45) is 2.39. The Hall–Kier alpha value is -1.36. The summed E-state index contributed by atoms with van der Waals surface area (Å²) < 4.78 is 0. The minimum absolute atomic E-state index is 0. The van der Waals surface area contributed by atoms with Crippen molar-refractivity contribution in [2.75, 3.05) is 19.6 Å². The van der Waals surface area contributed by atoms with Gasteiger partial charge in [0.2, 0.25) is 0 Å². The van der Waals surface area contributed by atoms with Crippen molar-refractivity contribution in [3.05, 3.63) is 41.1 Å². The Morgan fingerprint density at radius 1 is 1.24 bits per heavy atom. The number of aromatic nitrogens is 1. The Balaban J connectivity index is 0.00000113. The summed E-state index contributed by atoms with van der Waals surface area (Å²) in [5, 5.41) is 4.34. The first-order valence-electron chi connectivity index (χ1n) is 8.56. The molecule has 1 N–H and O–H groups in total. The maximum Gasteiger partial charge on any atom is 0.254 e. The highest BCUT2D eigenvalue weighted by atomic mass is 35.5. The maximum atomic E-state index is 13.2. The van der Waals surface area contributed by atoms with Crippen molar-refractivity contribution in [1.29, 1.82) is 0 Å². The average Bonchev–Trinajstić information content (AvgIpc) is 3.38. The van der Waals surface area contributed by atoms with E-state index in [4.69, 9.17) is 4.98 Å². The van der Waals surface area contributed by atoms with Gasteiger partial charge < -0.3 is 10.2 Å². The molecule has 0 radical (unpaired) electrons. The molecule has 25 heavy (non-hydrogen) atoms. The molecule has 2 fully saturated rings. The lowest BCUT2D eigenvalue weighted by Crippen LogP contribution is -2.52. The quantitative estimate of drug-likeness (QED) is 0.862. The van der Waals surface area contributed by atoms with Crippen LogP contribution in [0.3, 0.4) is 0 Å². The Bertz CT molecular complexity index is 777. The van der Waals surface area contributed by atoms with E-state index < -0.39 is 0 Å². The van der Waals surface area contributed by atoms with Crippen molar-refractivity contribution in [3.8, 4) is 0 Å². The molecule has 1 aromatic heterocycles. The Morgan fingerprint density at radius 3 is 2.68 bits per heavy atom. The molecule has 4 nitrogen and oxygen atoms in total. The van der Waals surface area contributed by atoms with Crippen molar-refractivity contribution in [3.63, 3.8) is 0 Å². The lowest BCUT2D eigenvalue weighted by Gasteiger charge is -2.34. The number of nitrogens with one attached hydrogen (secondary N) is 1. The summed E-state index contributed by atoms with van der Waals surface area (Å²) in [5.41, 5.74) is 4.04. The van der Waals surface area contributed by atoms with E-state index in [-0.39, 0.29) is 36.8 Å². The fourth-order valence-corrected chi connectivity index (χ4v) is 3.42. The largest absolute Gasteiger partial charge is 0.333 e. The standard InChI is InChI=1S/C19H23N3O.2ClH/c1-12-3-6-17-15(9-12)16(10-18(21-17)14-4-5-14)19(23)22-8-7-20-11-13(22)2;;/h3,6,9-10,13-14,20H,4-5,7-8,11H2,1-2H3;2*1H/t13-;;/m0../s1. The van der Waals surface area contributed by atoms with Gasteiger partial charge in [-0.05, 0) is 44.9 Å². The average molecular weight is 382 g/mol. The highest BCUT2D eigenvalue weighted by Crippen LogP contribution is 2.40. The van der Waals surface area contributed by atoms with Crippen LogP contribution in [0.5, 0.6) is 0 Å². The molecule has 136 valence electrons. The molecule has 2 aliphatic rings. The van der Waals surface area contributed by atoms with Crippen molar-refractivity contribution >= 4 is 41.6 Å². The first-order chi connectivity index (χ1) is 11.1. The number of hydrogen-bond donors (Lipinski definition) is 1. The fourth-order valence-electron chi connectivity index (χ4n) is 3.42. The third-order valence-electron chi connectivity index (χ3n) is 4.97. The monoisotopic (exact) mass is 381 g/mol. The van der Waals surface area contributed by atoms with E-state index in [2.05, 4.69) is 43.4 Å². The first kappa shape index (κ1) is 20.0. The molecule has 0 unspecified atom stereocenters. The van der Waals surface area contributed by atoms with Crippen LogP contribution < -0.4 is 5.32 Å². The third kappa shape index (κ3) is 3.91. The summed E-state index contributed by atoms with van der Waals surface area (Å²) in [4.78, 5) is 20.0. The topological polar surface area (TPSA) is 45.2 Å².